The lowest BCUT2D eigenvalue weighted by Gasteiger charge is -2.21. The molecule has 97 heavy (non-hydrogen) atoms. The van der Waals surface area contributed by atoms with Crippen LogP contribution in [0.5, 0.6) is 0 Å². The summed E-state index contributed by atoms with van der Waals surface area (Å²) in [5, 5.41) is 10.6. The van der Waals surface area contributed by atoms with Crippen molar-refractivity contribution >= 4 is 39.5 Å². The fourth-order valence-corrected chi connectivity index (χ4v) is 13.5. The van der Waals surface area contributed by atoms with Crippen molar-refractivity contribution in [2.75, 3.05) is 39.6 Å². The first-order chi connectivity index (χ1) is 46.6. The van der Waals surface area contributed by atoms with Gasteiger partial charge in [0.25, 0.3) is 0 Å². The highest BCUT2D eigenvalue weighted by Gasteiger charge is 2.30. The summed E-state index contributed by atoms with van der Waals surface area (Å²) in [5.74, 6) is 0.965. The summed E-state index contributed by atoms with van der Waals surface area (Å²) in [6.07, 6.45) is 52.8. The summed E-state index contributed by atoms with van der Waals surface area (Å²) in [5.41, 5.74) is 0. The van der Waals surface area contributed by atoms with Crippen LogP contribution in [0.4, 0.5) is 0 Å². The standard InChI is InChI=1S/C78H152O17P2/c1-9-71(8)57-49-41-32-26-20-12-10-11-13-22-28-34-44-52-60-78(83)95-74(65-89-76(81)59-51-43-37-36-40-48-56-70(6)7)67-93-97(86,87)91-63-72(79)62-90-96(84,85)92-66-73(94-77(82)61-53-45-35-29-23-17-15-19-25-31-39-47-55-69(4)5)64-88-75(80)58-50-42-33-27-21-16-14-18-24-30-38-46-54-68(2)3/h68-74,79H,9-67H2,1-8H3,(H,84,85)(H,86,87)/t71?,72-,73-,74-/m1/s1. The van der Waals surface area contributed by atoms with Crippen LogP contribution in [0.25, 0.3) is 0 Å². The lowest BCUT2D eigenvalue weighted by molar-refractivity contribution is -0.161. The van der Waals surface area contributed by atoms with Crippen molar-refractivity contribution in [2.45, 2.75) is 414 Å². The molecule has 576 valence electrons. The number of hydrogen-bond acceptors (Lipinski definition) is 15. The first kappa shape index (κ1) is 95.1. The van der Waals surface area contributed by atoms with Crippen molar-refractivity contribution < 1.29 is 80.2 Å². The highest BCUT2D eigenvalue weighted by Crippen LogP contribution is 2.45. The van der Waals surface area contributed by atoms with Crippen molar-refractivity contribution in [1.29, 1.82) is 0 Å². The van der Waals surface area contributed by atoms with Crippen LogP contribution in [0.15, 0.2) is 0 Å². The Labute approximate surface area is 594 Å². The van der Waals surface area contributed by atoms with E-state index in [1.165, 1.54) is 193 Å². The first-order valence-corrected chi connectivity index (χ1v) is 43.2. The Morgan fingerprint density at radius 2 is 0.495 bits per heavy atom. The van der Waals surface area contributed by atoms with Gasteiger partial charge in [0, 0.05) is 25.7 Å². The minimum Gasteiger partial charge on any atom is -0.462 e. The summed E-state index contributed by atoms with van der Waals surface area (Å²) in [4.78, 5) is 72.9. The first-order valence-electron chi connectivity index (χ1n) is 40.2. The molecule has 19 heteroatoms. The van der Waals surface area contributed by atoms with E-state index >= 15 is 0 Å². The van der Waals surface area contributed by atoms with Crippen molar-refractivity contribution in [3.63, 3.8) is 0 Å². The molecule has 6 atom stereocenters. The van der Waals surface area contributed by atoms with E-state index in [0.29, 0.717) is 31.6 Å². The SMILES string of the molecule is CCC(C)CCCCCCCCCCCCCCCCC(=O)O[C@H](COC(=O)CCCCCCCCC(C)C)COP(=O)(O)OC[C@H](O)COP(=O)(O)OC[C@@H](COC(=O)CCCCCCCCCCCCCCC(C)C)OC(=O)CCCCCCCCCCCCCCC(C)C. The highest BCUT2D eigenvalue weighted by atomic mass is 31.2. The third-order valence-corrected chi connectivity index (χ3v) is 20.3. The molecule has 0 spiro atoms. The van der Waals surface area contributed by atoms with Crippen LogP contribution in [0.3, 0.4) is 0 Å². The van der Waals surface area contributed by atoms with Crippen molar-refractivity contribution in [3.8, 4) is 0 Å². The molecule has 0 fully saturated rings. The number of aliphatic hydroxyl groups is 1. The molecule has 0 amide bonds. The van der Waals surface area contributed by atoms with Crippen LogP contribution >= 0.6 is 15.6 Å². The van der Waals surface area contributed by atoms with E-state index in [9.17, 15) is 43.2 Å². The van der Waals surface area contributed by atoms with Gasteiger partial charge in [0.15, 0.2) is 12.2 Å². The van der Waals surface area contributed by atoms with Crippen LogP contribution in [0.1, 0.15) is 396 Å². The van der Waals surface area contributed by atoms with Crippen LogP contribution in [-0.2, 0) is 65.4 Å². The second kappa shape index (κ2) is 67.2. The molecule has 3 N–H and O–H groups in total. The van der Waals surface area contributed by atoms with E-state index in [4.69, 9.17) is 37.0 Å². The molecule has 0 bridgehead atoms. The summed E-state index contributed by atoms with van der Waals surface area (Å²) >= 11 is 0. The summed E-state index contributed by atoms with van der Waals surface area (Å²) < 4.78 is 68.6. The molecule has 3 unspecified atom stereocenters. The topological polar surface area (TPSA) is 237 Å². The number of phosphoric acid groups is 2. The monoisotopic (exact) mass is 1420 g/mol. The highest BCUT2D eigenvalue weighted by molar-refractivity contribution is 7.47. The molecule has 0 heterocycles. The molecular formula is C78H152O17P2. The molecular weight excluding hydrogens is 1270 g/mol. The zero-order valence-corrected chi connectivity index (χ0v) is 65.5. The zero-order valence-electron chi connectivity index (χ0n) is 63.7. The lowest BCUT2D eigenvalue weighted by atomic mass is 9.99. The molecule has 0 rings (SSSR count). The number of unbranched alkanes of at least 4 members (excludes halogenated alkanes) is 40. The zero-order chi connectivity index (χ0) is 71.7. The van der Waals surface area contributed by atoms with Gasteiger partial charge < -0.3 is 33.8 Å². The molecule has 0 aliphatic heterocycles. The maximum atomic E-state index is 13.1. The Bertz CT molecular complexity index is 1900. The molecule has 0 aromatic heterocycles. The van der Waals surface area contributed by atoms with Crippen molar-refractivity contribution in [1.82, 2.24) is 0 Å². The maximum absolute atomic E-state index is 13.1. The van der Waals surface area contributed by atoms with Crippen LogP contribution in [-0.4, -0.2) is 96.7 Å². The van der Waals surface area contributed by atoms with Gasteiger partial charge in [-0.1, -0.05) is 344 Å². The molecule has 0 saturated heterocycles. The number of esters is 4. The van der Waals surface area contributed by atoms with Gasteiger partial charge in [-0.15, -0.1) is 0 Å². The van der Waals surface area contributed by atoms with Crippen LogP contribution in [0, 0.1) is 23.7 Å². The largest absolute Gasteiger partial charge is 0.472 e. The Kier molecular flexibility index (Phi) is 65.9. The molecule has 0 aliphatic rings. The van der Waals surface area contributed by atoms with Crippen molar-refractivity contribution in [2.24, 2.45) is 23.7 Å². The predicted octanol–water partition coefficient (Wildman–Crippen LogP) is 22.8. The molecule has 17 nitrogen and oxygen atoms in total. The van der Waals surface area contributed by atoms with Gasteiger partial charge in [-0.3, -0.25) is 37.3 Å². The smallest absolute Gasteiger partial charge is 0.462 e. The number of ether oxygens (including phenoxy) is 4. The molecule has 0 aromatic carbocycles. The van der Waals surface area contributed by atoms with E-state index in [-0.39, 0.29) is 25.7 Å². The van der Waals surface area contributed by atoms with Gasteiger partial charge in [-0.25, -0.2) is 9.13 Å². The predicted molar refractivity (Wildman–Crippen MR) is 395 cm³/mol. The molecule has 0 radical (unpaired) electrons. The van der Waals surface area contributed by atoms with E-state index in [2.05, 4.69) is 55.4 Å². The van der Waals surface area contributed by atoms with Gasteiger partial charge in [-0.05, 0) is 49.4 Å². The summed E-state index contributed by atoms with van der Waals surface area (Å²) in [7, 11) is -9.92. The van der Waals surface area contributed by atoms with Crippen molar-refractivity contribution in [3.05, 3.63) is 0 Å². The van der Waals surface area contributed by atoms with Gasteiger partial charge in [0.1, 0.15) is 19.3 Å². The number of aliphatic hydroxyl groups excluding tert-OH is 1. The number of carbonyl (C=O) groups is 4. The fourth-order valence-electron chi connectivity index (χ4n) is 11.9. The average molecular weight is 1420 g/mol. The van der Waals surface area contributed by atoms with Gasteiger partial charge in [-0.2, -0.15) is 0 Å². The van der Waals surface area contributed by atoms with Crippen LogP contribution < -0.4 is 0 Å². The van der Waals surface area contributed by atoms with E-state index in [1.807, 2.05) is 0 Å². The maximum Gasteiger partial charge on any atom is 0.472 e. The van der Waals surface area contributed by atoms with E-state index < -0.39 is 97.5 Å². The molecule has 0 aliphatic carbocycles. The summed E-state index contributed by atoms with van der Waals surface area (Å²) in [6.45, 7) is 14.2. The van der Waals surface area contributed by atoms with E-state index in [1.54, 1.807) is 0 Å². The number of phosphoric ester groups is 2. The minimum atomic E-state index is -4.96. The fraction of sp³-hybridized carbons (Fsp3) is 0.949. The molecule has 0 saturated carbocycles. The van der Waals surface area contributed by atoms with Crippen LogP contribution in [0.2, 0.25) is 0 Å². The third kappa shape index (κ3) is 70.9. The lowest BCUT2D eigenvalue weighted by Crippen LogP contribution is -2.30. The Balaban J connectivity index is 5.23. The minimum absolute atomic E-state index is 0.106. The third-order valence-electron chi connectivity index (χ3n) is 18.4. The van der Waals surface area contributed by atoms with Gasteiger partial charge >= 0.3 is 39.5 Å². The average Bonchev–Trinajstić information content (AvgIpc) is 1.37. The van der Waals surface area contributed by atoms with Gasteiger partial charge in [0.05, 0.1) is 26.4 Å². The quantitative estimate of drug-likeness (QED) is 0.0222. The second-order valence-corrected chi connectivity index (χ2v) is 32.7. The molecule has 0 aromatic rings. The van der Waals surface area contributed by atoms with Gasteiger partial charge in [0.2, 0.25) is 0 Å². The summed E-state index contributed by atoms with van der Waals surface area (Å²) in [6, 6.07) is 0. The number of carbonyl (C=O) groups excluding carboxylic acids is 4. The van der Waals surface area contributed by atoms with E-state index in [0.717, 1.165) is 114 Å². The number of hydrogen-bond donors (Lipinski definition) is 3. The Morgan fingerprint density at radius 1 is 0.289 bits per heavy atom. The number of rotatable bonds is 75. The Hall–Kier alpha value is -1.94. The normalized spacial score (nSPS) is 14.4. The second-order valence-electron chi connectivity index (χ2n) is 29.8. The Morgan fingerprint density at radius 3 is 0.732 bits per heavy atom.